The van der Waals surface area contributed by atoms with E-state index < -0.39 is 0 Å². The molecule has 0 saturated heterocycles. The summed E-state index contributed by atoms with van der Waals surface area (Å²) in [6, 6.07) is 8.51. The summed E-state index contributed by atoms with van der Waals surface area (Å²) >= 11 is 0. The lowest BCUT2D eigenvalue weighted by molar-refractivity contribution is 0.482. The molecule has 3 aliphatic rings. The van der Waals surface area contributed by atoms with E-state index in [1.54, 1.807) is 0 Å². The minimum atomic E-state index is 0.237. The molecule has 0 amide bonds. The van der Waals surface area contributed by atoms with Gasteiger partial charge in [0.15, 0.2) is 11.6 Å². The zero-order valence-electron chi connectivity index (χ0n) is 14.7. The topological polar surface area (TPSA) is 49.8 Å². The average Bonchev–Trinajstić information content (AvgIpc) is 2.96. The number of anilines is 2. The molecule has 25 heavy (non-hydrogen) atoms. The van der Waals surface area contributed by atoms with Gasteiger partial charge < -0.3 is 10.6 Å². The first-order valence-electron chi connectivity index (χ1n) is 9.37. The third-order valence-corrected chi connectivity index (χ3v) is 5.98. The molecule has 1 saturated carbocycles. The zero-order valence-corrected chi connectivity index (χ0v) is 14.7. The second-order valence-electron chi connectivity index (χ2n) is 7.94. The van der Waals surface area contributed by atoms with Gasteiger partial charge in [-0.2, -0.15) is 0 Å². The predicted molar refractivity (Wildman–Crippen MR) is 103 cm³/mol. The Morgan fingerprint density at radius 1 is 0.920 bits per heavy atom. The van der Waals surface area contributed by atoms with Crippen LogP contribution in [0.3, 0.4) is 0 Å². The van der Waals surface area contributed by atoms with Crippen molar-refractivity contribution in [2.75, 3.05) is 10.6 Å². The highest BCUT2D eigenvalue weighted by Gasteiger charge is 2.34. The summed E-state index contributed by atoms with van der Waals surface area (Å²) in [5.41, 5.74) is 3.35. The largest absolute Gasteiger partial charge is 0.358 e. The Hall–Kier alpha value is -2.36. The van der Waals surface area contributed by atoms with Gasteiger partial charge in [-0.15, -0.1) is 0 Å². The van der Waals surface area contributed by atoms with Gasteiger partial charge in [-0.1, -0.05) is 44.2 Å². The number of hydrogen-bond donors (Lipinski definition) is 2. The van der Waals surface area contributed by atoms with Crippen LogP contribution in [0.25, 0.3) is 11.0 Å². The summed E-state index contributed by atoms with van der Waals surface area (Å²) < 4.78 is 0. The summed E-state index contributed by atoms with van der Waals surface area (Å²) in [5.74, 6) is 4.01. The first-order valence-corrected chi connectivity index (χ1v) is 9.37. The molecule has 5 atom stereocenters. The van der Waals surface area contributed by atoms with E-state index in [2.05, 4.69) is 42.7 Å². The SMILES string of the molecule is CC1CC(C)C(C2=CC3Nc4nc5ccccc5nc4NC3C=C2)C1. The van der Waals surface area contributed by atoms with Gasteiger partial charge in [0.25, 0.3) is 0 Å². The van der Waals surface area contributed by atoms with Crippen molar-refractivity contribution in [2.45, 2.75) is 38.8 Å². The molecule has 5 unspecified atom stereocenters. The molecule has 4 nitrogen and oxygen atoms in total. The molecule has 2 N–H and O–H groups in total. The minimum absolute atomic E-state index is 0.237. The summed E-state index contributed by atoms with van der Waals surface area (Å²) in [6.07, 6.45) is 9.69. The molecule has 1 aromatic heterocycles. The maximum Gasteiger partial charge on any atom is 0.170 e. The van der Waals surface area contributed by atoms with Crippen molar-refractivity contribution < 1.29 is 0 Å². The lowest BCUT2D eigenvalue weighted by Crippen LogP contribution is -2.43. The predicted octanol–water partition coefficient (Wildman–Crippen LogP) is 4.38. The fraction of sp³-hybridized carbons (Fsp3) is 0.429. The standard InChI is InChI=1S/C21H24N4/c1-12-9-13(2)15(10-12)14-7-8-18-19(11-14)25-21-20(24-18)22-16-5-3-4-6-17(16)23-21/h3-8,11-13,15,18-19H,9-10H2,1-2H3,(H,22,24)(H,23,25). The zero-order chi connectivity index (χ0) is 17.0. The normalized spacial score (nSPS) is 33.2. The average molecular weight is 332 g/mol. The van der Waals surface area contributed by atoms with Gasteiger partial charge in [0, 0.05) is 0 Å². The number of para-hydroxylation sites is 2. The Labute approximate surface area is 148 Å². The van der Waals surface area contributed by atoms with Gasteiger partial charge in [-0.3, -0.25) is 0 Å². The molecule has 1 fully saturated rings. The maximum atomic E-state index is 4.77. The van der Waals surface area contributed by atoms with Crippen LogP contribution in [0.5, 0.6) is 0 Å². The van der Waals surface area contributed by atoms with Crippen LogP contribution in [-0.4, -0.2) is 22.1 Å². The van der Waals surface area contributed by atoms with Crippen LogP contribution in [-0.2, 0) is 0 Å². The van der Waals surface area contributed by atoms with Crippen molar-refractivity contribution in [3.8, 4) is 0 Å². The van der Waals surface area contributed by atoms with Crippen LogP contribution < -0.4 is 10.6 Å². The molecule has 128 valence electrons. The monoisotopic (exact) mass is 332 g/mol. The van der Waals surface area contributed by atoms with E-state index in [-0.39, 0.29) is 12.1 Å². The van der Waals surface area contributed by atoms with Gasteiger partial charge in [-0.05, 0) is 48.3 Å². The van der Waals surface area contributed by atoms with Gasteiger partial charge in [-0.25, -0.2) is 9.97 Å². The number of hydrogen-bond acceptors (Lipinski definition) is 4. The number of aromatic nitrogens is 2. The van der Waals surface area contributed by atoms with E-state index in [1.807, 2.05) is 24.3 Å². The van der Waals surface area contributed by atoms with E-state index in [1.165, 1.54) is 18.4 Å². The molecular weight excluding hydrogens is 308 g/mol. The molecule has 0 bridgehead atoms. The van der Waals surface area contributed by atoms with E-state index in [0.29, 0.717) is 5.92 Å². The first-order chi connectivity index (χ1) is 12.2. The highest BCUT2D eigenvalue weighted by atomic mass is 15.2. The maximum absolute atomic E-state index is 4.77. The van der Waals surface area contributed by atoms with E-state index >= 15 is 0 Å². The Kier molecular flexibility index (Phi) is 3.34. The van der Waals surface area contributed by atoms with Gasteiger partial charge in [0.2, 0.25) is 0 Å². The fourth-order valence-electron chi connectivity index (χ4n) is 4.76. The van der Waals surface area contributed by atoms with Crippen molar-refractivity contribution >= 4 is 22.7 Å². The van der Waals surface area contributed by atoms with Crippen LogP contribution >= 0.6 is 0 Å². The third kappa shape index (κ3) is 2.51. The lowest BCUT2D eigenvalue weighted by Gasteiger charge is -2.35. The second-order valence-corrected chi connectivity index (χ2v) is 7.94. The summed E-state index contributed by atoms with van der Waals surface area (Å²) in [4.78, 5) is 9.50. The number of allylic oxidation sites excluding steroid dienone is 2. The molecule has 2 aromatic rings. The van der Waals surface area contributed by atoms with Gasteiger partial charge in [0.1, 0.15) is 0 Å². The van der Waals surface area contributed by atoms with Crippen LogP contribution in [0, 0.1) is 17.8 Å². The van der Waals surface area contributed by atoms with Gasteiger partial charge in [0.05, 0.1) is 23.1 Å². The molecule has 0 spiro atoms. The van der Waals surface area contributed by atoms with Crippen molar-refractivity contribution in [1.29, 1.82) is 0 Å². The van der Waals surface area contributed by atoms with E-state index in [9.17, 15) is 0 Å². The lowest BCUT2D eigenvalue weighted by atomic mass is 9.84. The van der Waals surface area contributed by atoms with Crippen molar-refractivity contribution in [3.63, 3.8) is 0 Å². The number of nitrogens with one attached hydrogen (secondary N) is 2. The number of fused-ring (bicyclic) bond motifs is 3. The number of benzene rings is 1. The minimum Gasteiger partial charge on any atom is -0.358 e. The molecule has 2 aliphatic carbocycles. The summed E-state index contributed by atoms with van der Waals surface area (Å²) in [6.45, 7) is 4.78. The second kappa shape index (κ2) is 5.58. The smallest absolute Gasteiger partial charge is 0.170 e. The summed E-state index contributed by atoms with van der Waals surface area (Å²) in [7, 11) is 0. The summed E-state index contributed by atoms with van der Waals surface area (Å²) in [5, 5.41) is 7.16. The number of rotatable bonds is 1. The first kappa shape index (κ1) is 14.9. The quantitative estimate of drug-likeness (QED) is 0.813. The molecule has 2 heterocycles. The number of nitrogens with zero attached hydrogens (tertiary/aromatic N) is 2. The highest BCUT2D eigenvalue weighted by Crippen LogP contribution is 2.42. The third-order valence-electron chi connectivity index (χ3n) is 5.98. The van der Waals surface area contributed by atoms with Crippen molar-refractivity contribution in [1.82, 2.24) is 9.97 Å². The molecule has 1 aliphatic heterocycles. The van der Waals surface area contributed by atoms with E-state index in [0.717, 1.165) is 34.5 Å². The van der Waals surface area contributed by atoms with Gasteiger partial charge >= 0.3 is 0 Å². The Bertz CT molecular complexity index is 885. The van der Waals surface area contributed by atoms with E-state index in [4.69, 9.17) is 9.97 Å². The van der Waals surface area contributed by atoms with Crippen LogP contribution in [0.1, 0.15) is 26.7 Å². The molecule has 1 aromatic carbocycles. The molecule has 5 rings (SSSR count). The Morgan fingerprint density at radius 2 is 1.60 bits per heavy atom. The van der Waals surface area contributed by atoms with Crippen LogP contribution in [0.15, 0.2) is 48.1 Å². The fourth-order valence-corrected chi connectivity index (χ4v) is 4.76. The highest BCUT2D eigenvalue weighted by molar-refractivity contribution is 5.81. The Balaban J connectivity index is 1.47. The van der Waals surface area contributed by atoms with Crippen molar-refractivity contribution in [3.05, 3.63) is 48.1 Å². The van der Waals surface area contributed by atoms with Crippen molar-refractivity contribution in [2.24, 2.45) is 17.8 Å². The Morgan fingerprint density at radius 3 is 2.24 bits per heavy atom. The molecule has 0 radical (unpaired) electrons. The van der Waals surface area contributed by atoms with Crippen LogP contribution in [0.4, 0.5) is 11.6 Å². The molecule has 4 heteroatoms. The van der Waals surface area contributed by atoms with Crippen LogP contribution in [0.2, 0.25) is 0 Å². The molecular formula is C21H24N4.